The fraction of sp³-hybridized carbons (Fsp3) is 0.250. The molecular formula is C28H27BrN4O3. The lowest BCUT2D eigenvalue weighted by Crippen LogP contribution is -2.37. The average molecular weight is 547 g/mol. The van der Waals surface area contributed by atoms with Gasteiger partial charge in [-0.3, -0.25) is 4.79 Å². The van der Waals surface area contributed by atoms with E-state index in [0.717, 1.165) is 26.9 Å². The minimum Gasteiger partial charge on any atom is -0.490 e. The van der Waals surface area contributed by atoms with Gasteiger partial charge in [-0.2, -0.15) is 5.26 Å². The van der Waals surface area contributed by atoms with Crippen molar-refractivity contribution in [3.8, 4) is 23.1 Å². The Morgan fingerprint density at radius 1 is 1.22 bits per heavy atom. The molecule has 0 fully saturated rings. The predicted octanol–water partition coefficient (Wildman–Crippen LogP) is 5.15. The lowest BCUT2D eigenvalue weighted by atomic mass is 10.0. The topological polar surface area (TPSA) is 99.7 Å². The second-order valence-corrected chi connectivity index (χ2v) is 9.64. The van der Waals surface area contributed by atoms with Gasteiger partial charge in [0.2, 0.25) is 0 Å². The first-order valence-corrected chi connectivity index (χ1v) is 12.5. The summed E-state index contributed by atoms with van der Waals surface area (Å²) in [6.07, 6.45) is 4.83. The molecule has 2 heterocycles. The molecule has 36 heavy (non-hydrogen) atoms. The molecule has 7 nitrogen and oxygen atoms in total. The van der Waals surface area contributed by atoms with Crippen molar-refractivity contribution in [2.24, 2.45) is 0 Å². The van der Waals surface area contributed by atoms with E-state index in [1.807, 2.05) is 67.0 Å². The summed E-state index contributed by atoms with van der Waals surface area (Å²) in [7, 11) is 0. The summed E-state index contributed by atoms with van der Waals surface area (Å²) in [6.45, 7) is 3.71. The molecule has 2 N–H and O–H groups in total. The third kappa shape index (κ3) is 5.93. The number of benzene rings is 2. The quantitative estimate of drug-likeness (QED) is 0.302. The molecule has 2 aromatic heterocycles. The van der Waals surface area contributed by atoms with Crippen molar-refractivity contribution in [2.75, 3.05) is 6.61 Å². The summed E-state index contributed by atoms with van der Waals surface area (Å²) in [5.41, 5.74) is 4.42. The van der Waals surface area contributed by atoms with Gasteiger partial charge < -0.3 is 19.6 Å². The SMILES string of the molecule is CC(C)Oc1ccc(C(=O)NC(CCO)Cc2ccc(-c3cn4cccc(Br)c4n3)cc2)cc1C#N. The fourth-order valence-electron chi connectivity index (χ4n) is 3.98. The van der Waals surface area contributed by atoms with Crippen LogP contribution in [0.1, 0.15) is 41.8 Å². The van der Waals surface area contributed by atoms with Gasteiger partial charge in [-0.15, -0.1) is 0 Å². The molecule has 8 heteroatoms. The highest BCUT2D eigenvalue weighted by Gasteiger charge is 2.17. The highest BCUT2D eigenvalue weighted by Crippen LogP contribution is 2.24. The van der Waals surface area contributed by atoms with Crippen LogP contribution in [0.5, 0.6) is 5.75 Å². The second kappa shape index (κ2) is 11.4. The second-order valence-electron chi connectivity index (χ2n) is 8.79. The molecule has 1 unspecified atom stereocenters. The summed E-state index contributed by atoms with van der Waals surface area (Å²) in [5, 5.41) is 22.0. The van der Waals surface area contributed by atoms with E-state index in [4.69, 9.17) is 9.72 Å². The summed E-state index contributed by atoms with van der Waals surface area (Å²) < 4.78 is 8.54. The van der Waals surface area contributed by atoms with Gasteiger partial charge in [0, 0.05) is 36.2 Å². The van der Waals surface area contributed by atoms with Crippen LogP contribution in [0.25, 0.3) is 16.9 Å². The van der Waals surface area contributed by atoms with Crippen LogP contribution in [0.3, 0.4) is 0 Å². The number of ether oxygens (including phenoxy) is 1. The van der Waals surface area contributed by atoms with Crippen LogP contribution in [0.15, 0.2) is 71.5 Å². The Balaban J connectivity index is 1.46. The molecule has 0 saturated carbocycles. The number of carbonyl (C=O) groups excluding carboxylic acids is 1. The van der Waals surface area contributed by atoms with Crippen LogP contribution in [0.2, 0.25) is 0 Å². The number of aliphatic hydroxyl groups excluding tert-OH is 1. The van der Waals surface area contributed by atoms with Crippen molar-refractivity contribution >= 4 is 27.5 Å². The zero-order chi connectivity index (χ0) is 25.7. The minimum absolute atomic E-state index is 0.0518. The maximum atomic E-state index is 12.9. The molecule has 0 spiro atoms. The van der Waals surface area contributed by atoms with E-state index in [1.165, 1.54) is 6.07 Å². The number of aromatic nitrogens is 2. The van der Waals surface area contributed by atoms with Crippen molar-refractivity contribution in [1.29, 1.82) is 5.26 Å². The molecule has 184 valence electrons. The number of amides is 1. The number of hydrogen-bond acceptors (Lipinski definition) is 5. The van der Waals surface area contributed by atoms with E-state index in [-0.39, 0.29) is 24.7 Å². The molecule has 0 bridgehead atoms. The zero-order valence-corrected chi connectivity index (χ0v) is 21.7. The molecule has 1 atom stereocenters. The smallest absolute Gasteiger partial charge is 0.251 e. The molecule has 0 radical (unpaired) electrons. The summed E-state index contributed by atoms with van der Waals surface area (Å²) in [5.74, 6) is 0.155. The number of nitrogens with one attached hydrogen (secondary N) is 1. The van der Waals surface area contributed by atoms with Crippen molar-refractivity contribution < 1.29 is 14.6 Å². The summed E-state index contributed by atoms with van der Waals surface area (Å²) >= 11 is 3.53. The Kier molecular flexibility index (Phi) is 8.04. The maximum absolute atomic E-state index is 12.9. The minimum atomic E-state index is -0.298. The number of pyridine rings is 1. The normalized spacial score (nSPS) is 11.9. The van der Waals surface area contributed by atoms with Crippen LogP contribution in [-0.2, 0) is 6.42 Å². The largest absolute Gasteiger partial charge is 0.490 e. The molecule has 0 saturated heterocycles. The van der Waals surface area contributed by atoms with Crippen molar-refractivity contribution in [3.63, 3.8) is 0 Å². The third-order valence-corrected chi connectivity index (χ3v) is 6.32. The Morgan fingerprint density at radius 2 is 2.00 bits per heavy atom. The van der Waals surface area contributed by atoms with E-state index in [1.54, 1.807) is 12.1 Å². The van der Waals surface area contributed by atoms with Crippen LogP contribution in [0.4, 0.5) is 0 Å². The van der Waals surface area contributed by atoms with Crippen LogP contribution >= 0.6 is 15.9 Å². The fourth-order valence-corrected chi connectivity index (χ4v) is 4.43. The van der Waals surface area contributed by atoms with Gasteiger partial charge in [0.1, 0.15) is 11.8 Å². The molecule has 2 aromatic carbocycles. The van der Waals surface area contributed by atoms with Gasteiger partial charge in [0.05, 0.1) is 21.8 Å². The average Bonchev–Trinajstić information content (AvgIpc) is 3.30. The van der Waals surface area contributed by atoms with Gasteiger partial charge in [-0.1, -0.05) is 24.3 Å². The monoisotopic (exact) mass is 546 g/mol. The van der Waals surface area contributed by atoms with Gasteiger partial charge in [-0.05, 0) is 78.5 Å². The van der Waals surface area contributed by atoms with E-state index < -0.39 is 0 Å². The molecule has 4 aromatic rings. The molecule has 1 amide bonds. The number of nitrogens with zero attached hydrogens (tertiary/aromatic N) is 3. The van der Waals surface area contributed by atoms with E-state index in [0.29, 0.717) is 29.7 Å². The van der Waals surface area contributed by atoms with Crippen molar-refractivity contribution in [1.82, 2.24) is 14.7 Å². The zero-order valence-electron chi connectivity index (χ0n) is 20.1. The molecule has 0 aliphatic heterocycles. The number of halogens is 1. The highest BCUT2D eigenvalue weighted by molar-refractivity contribution is 9.10. The van der Waals surface area contributed by atoms with Crippen LogP contribution in [0, 0.1) is 11.3 Å². The maximum Gasteiger partial charge on any atom is 0.251 e. The Morgan fingerprint density at radius 3 is 2.67 bits per heavy atom. The van der Waals surface area contributed by atoms with Crippen LogP contribution < -0.4 is 10.1 Å². The standard InChI is InChI=1S/C28H27BrN4O3/c1-18(2)36-26-10-9-21(15-22(26)16-30)28(35)31-23(11-13-34)14-19-5-7-20(8-6-19)25-17-33-12-3-4-24(29)27(33)32-25/h3-10,12,15,17-18,23,34H,11,13-14H2,1-2H3,(H,31,35). The molecule has 0 aliphatic carbocycles. The number of rotatable bonds is 9. The molecular weight excluding hydrogens is 520 g/mol. The Hall–Kier alpha value is -3.67. The number of carbonyl (C=O) groups is 1. The lowest BCUT2D eigenvalue weighted by molar-refractivity contribution is 0.0930. The van der Waals surface area contributed by atoms with Gasteiger partial charge in [0.25, 0.3) is 5.91 Å². The number of aliphatic hydroxyl groups is 1. The Bertz CT molecular complexity index is 1410. The lowest BCUT2D eigenvalue weighted by Gasteiger charge is -2.19. The Labute approximate surface area is 218 Å². The summed E-state index contributed by atoms with van der Waals surface area (Å²) in [6, 6.07) is 18.6. The molecule has 4 rings (SSSR count). The first-order chi connectivity index (χ1) is 17.4. The highest BCUT2D eigenvalue weighted by atomic mass is 79.9. The van der Waals surface area contributed by atoms with E-state index in [2.05, 4.69) is 27.3 Å². The van der Waals surface area contributed by atoms with E-state index in [9.17, 15) is 15.2 Å². The molecule has 0 aliphatic rings. The first-order valence-electron chi connectivity index (χ1n) is 11.7. The third-order valence-electron chi connectivity index (χ3n) is 5.70. The number of fused-ring (bicyclic) bond motifs is 1. The van der Waals surface area contributed by atoms with Gasteiger partial charge in [0.15, 0.2) is 5.65 Å². The van der Waals surface area contributed by atoms with Crippen LogP contribution in [-0.4, -0.2) is 39.2 Å². The number of hydrogen-bond donors (Lipinski definition) is 2. The number of imidazole rings is 1. The predicted molar refractivity (Wildman–Crippen MR) is 142 cm³/mol. The van der Waals surface area contributed by atoms with Gasteiger partial charge in [-0.25, -0.2) is 4.98 Å². The van der Waals surface area contributed by atoms with Gasteiger partial charge >= 0.3 is 0 Å². The summed E-state index contributed by atoms with van der Waals surface area (Å²) in [4.78, 5) is 17.6. The van der Waals surface area contributed by atoms with Crippen molar-refractivity contribution in [2.45, 2.75) is 38.8 Å². The number of nitriles is 1. The first kappa shape index (κ1) is 25.4. The van der Waals surface area contributed by atoms with Crippen molar-refractivity contribution in [3.05, 3.63) is 88.2 Å². The van der Waals surface area contributed by atoms with E-state index >= 15 is 0 Å².